The Bertz CT molecular complexity index is 237. The third-order valence-electron chi connectivity index (χ3n) is 3.63. The second-order valence-electron chi connectivity index (χ2n) is 4.57. The summed E-state index contributed by atoms with van der Waals surface area (Å²) in [4.78, 5) is 15.6. The summed E-state index contributed by atoms with van der Waals surface area (Å²) in [5, 5.41) is 0. The van der Waals surface area contributed by atoms with Gasteiger partial charge in [-0.3, -0.25) is 4.90 Å². The molecule has 3 saturated heterocycles. The Kier molecular flexibility index (Phi) is 3.14. The van der Waals surface area contributed by atoms with Gasteiger partial charge in [0, 0.05) is 20.1 Å². The molecule has 3 aliphatic heterocycles. The summed E-state index contributed by atoms with van der Waals surface area (Å²) in [6.07, 6.45) is 2.34. The Hall–Kier alpha value is -0.770. The Balaban J connectivity index is 1.87. The topological polar surface area (TPSA) is 32.8 Å². The van der Waals surface area contributed by atoms with E-state index in [2.05, 4.69) is 4.90 Å². The maximum atomic E-state index is 11.6. The number of rotatable bonds is 2. The normalized spacial score (nSPS) is 33.9. The van der Waals surface area contributed by atoms with Crippen LogP contribution in [0.4, 0.5) is 4.79 Å². The lowest BCUT2D eigenvalue weighted by Crippen LogP contribution is -2.52. The minimum Gasteiger partial charge on any atom is -0.444 e. The molecular formula is C11H20N2O2. The van der Waals surface area contributed by atoms with Crippen LogP contribution >= 0.6 is 0 Å². The second kappa shape index (κ2) is 4.39. The van der Waals surface area contributed by atoms with E-state index in [1.807, 2.05) is 6.92 Å². The molecule has 0 unspecified atom stereocenters. The third kappa shape index (κ3) is 2.25. The van der Waals surface area contributed by atoms with E-state index in [1.54, 1.807) is 11.9 Å². The highest BCUT2D eigenvalue weighted by Gasteiger charge is 2.36. The van der Waals surface area contributed by atoms with E-state index < -0.39 is 0 Å². The SMILES string of the molecule is CCN(C)C(=O)O[C@@H]1CN2CCC1CC2. The fraction of sp³-hybridized carbons (Fsp3) is 0.909. The number of hydrogen-bond donors (Lipinski definition) is 0. The van der Waals surface area contributed by atoms with Crippen molar-refractivity contribution in [3.05, 3.63) is 0 Å². The highest BCUT2D eigenvalue weighted by Crippen LogP contribution is 2.29. The van der Waals surface area contributed by atoms with Gasteiger partial charge < -0.3 is 9.64 Å². The van der Waals surface area contributed by atoms with E-state index >= 15 is 0 Å². The molecule has 0 aliphatic carbocycles. The quantitative estimate of drug-likeness (QED) is 0.689. The Labute approximate surface area is 91.2 Å². The molecule has 3 aliphatic rings. The van der Waals surface area contributed by atoms with Crippen molar-refractivity contribution in [2.75, 3.05) is 33.2 Å². The Morgan fingerprint density at radius 1 is 1.47 bits per heavy atom. The van der Waals surface area contributed by atoms with E-state index in [9.17, 15) is 4.79 Å². The molecule has 0 aromatic heterocycles. The lowest BCUT2D eigenvalue weighted by atomic mass is 9.86. The minimum absolute atomic E-state index is 0.133. The first-order valence-electron chi connectivity index (χ1n) is 5.84. The molecular weight excluding hydrogens is 192 g/mol. The molecule has 0 aromatic rings. The standard InChI is InChI=1S/C11H20N2O2/c1-3-12(2)11(14)15-10-8-13-6-4-9(10)5-7-13/h9-10H,3-8H2,1-2H3/t10-/m1/s1. The van der Waals surface area contributed by atoms with Gasteiger partial charge in [0.1, 0.15) is 6.10 Å². The van der Waals surface area contributed by atoms with Crippen LogP contribution in [0.1, 0.15) is 19.8 Å². The molecule has 86 valence electrons. The van der Waals surface area contributed by atoms with E-state index in [1.165, 1.54) is 25.9 Å². The molecule has 4 nitrogen and oxygen atoms in total. The average Bonchev–Trinajstić information content (AvgIpc) is 2.29. The van der Waals surface area contributed by atoms with Crippen molar-refractivity contribution < 1.29 is 9.53 Å². The number of fused-ring (bicyclic) bond motifs is 3. The first kappa shape index (κ1) is 10.7. The van der Waals surface area contributed by atoms with Crippen LogP contribution in [0.3, 0.4) is 0 Å². The number of carbonyl (C=O) groups is 1. The van der Waals surface area contributed by atoms with Crippen molar-refractivity contribution in [1.29, 1.82) is 0 Å². The first-order chi connectivity index (χ1) is 7.20. The average molecular weight is 212 g/mol. The maximum absolute atomic E-state index is 11.6. The van der Waals surface area contributed by atoms with Crippen LogP contribution in [-0.2, 0) is 4.74 Å². The zero-order valence-electron chi connectivity index (χ0n) is 9.61. The molecule has 3 fully saturated rings. The van der Waals surface area contributed by atoms with Crippen LogP contribution in [0, 0.1) is 5.92 Å². The van der Waals surface area contributed by atoms with Crippen molar-refractivity contribution in [2.24, 2.45) is 5.92 Å². The van der Waals surface area contributed by atoms with Gasteiger partial charge in [0.25, 0.3) is 0 Å². The molecule has 0 radical (unpaired) electrons. The third-order valence-corrected chi connectivity index (χ3v) is 3.63. The monoisotopic (exact) mass is 212 g/mol. The molecule has 1 atom stereocenters. The van der Waals surface area contributed by atoms with Crippen molar-refractivity contribution in [3.8, 4) is 0 Å². The molecule has 3 rings (SSSR count). The van der Waals surface area contributed by atoms with E-state index in [-0.39, 0.29) is 12.2 Å². The second-order valence-corrected chi connectivity index (χ2v) is 4.57. The fourth-order valence-corrected chi connectivity index (χ4v) is 2.39. The fourth-order valence-electron chi connectivity index (χ4n) is 2.39. The summed E-state index contributed by atoms with van der Waals surface area (Å²) in [5.74, 6) is 0.601. The highest BCUT2D eigenvalue weighted by atomic mass is 16.6. The lowest BCUT2D eigenvalue weighted by Gasteiger charge is -2.44. The number of amides is 1. The van der Waals surface area contributed by atoms with Gasteiger partial charge >= 0.3 is 6.09 Å². The number of carbonyl (C=O) groups excluding carboxylic acids is 1. The zero-order chi connectivity index (χ0) is 10.8. The number of ether oxygens (including phenoxy) is 1. The minimum atomic E-state index is -0.170. The summed E-state index contributed by atoms with van der Waals surface area (Å²) in [7, 11) is 1.78. The van der Waals surface area contributed by atoms with Crippen LogP contribution in [-0.4, -0.2) is 55.2 Å². The van der Waals surface area contributed by atoms with E-state index in [0.717, 1.165) is 6.54 Å². The number of piperidine rings is 3. The molecule has 0 saturated carbocycles. The lowest BCUT2D eigenvalue weighted by molar-refractivity contribution is -0.0415. The van der Waals surface area contributed by atoms with Crippen LogP contribution in [0.25, 0.3) is 0 Å². The van der Waals surface area contributed by atoms with Crippen LogP contribution < -0.4 is 0 Å². The van der Waals surface area contributed by atoms with Gasteiger partial charge in [0.2, 0.25) is 0 Å². The molecule has 0 aromatic carbocycles. The maximum Gasteiger partial charge on any atom is 0.409 e. The van der Waals surface area contributed by atoms with E-state index in [0.29, 0.717) is 12.5 Å². The molecule has 15 heavy (non-hydrogen) atoms. The molecule has 1 amide bonds. The summed E-state index contributed by atoms with van der Waals surface area (Å²) in [6, 6.07) is 0. The summed E-state index contributed by atoms with van der Waals surface area (Å²) >= 11 is 0. The zero-order valence-corrected chi connectivity index (χ0v) is 9.61. The van der Waals surface area contributed by atoms with Gasteiger partial charge in [0.15, 0.2) is 0 Å². The Morgan fingerprint density at radius 3 is 2.60 bits per heavy atom. The van der Waals surface area contributed by atoms with Gasteiger partial charge in [0.05, 0.1) is 0 Å². The summed E-state index contributed by atoms with van der Waals surface area (Å²) in [6.45, 7) is 5.97. The van der Waals surface area contributed by atoms with Crippen molar-refractivity contribution in [1.82, 2.24) is 9.80 Å². The molecule has 0 spiro atoms. The van der Waals surface area contributed by atoms with Crippen molar-refractivity contribution in [2.45, 2.75) is 25.9 Å². The molecule has 0 N–H and O–H groups in total. The van der Waals surface area contributed by atoms with Crippen LogP contribution in [0.15, 0.2) is 0 Å². The molecule has 4 heteroatoms. The smallest absolute Gasteiger partial charge is 0.409 e. The van der Waals surface area contributed by atoms with Crippen molar-refractivity contribution >= 4 is 6.09 Å². The Morgan fingerprint density at radius 2 is 2.13 bits per heavy atom. The predicted octanol–water partition coefficient (Wildman–Crippen LogP) is 1.17. The number of hydrogen-bond acceptors (Lipinski definition) is 3. The van der Waals surface area contributed by atoms with Crippen LogP contribution in [0.5, 0.6) is 0 Å². The summed E-state index contributed by atoms with van der Waals surface area (Å²) in [5.41, 5.74) is 0. The largest absolute Gasteiger partial charge is 0.444 e. The van der Waals surface area contributed by atoms with Gasteiger partial charge in [-0.1, -0.05) is 0 Å². The first-order valence-corrected chi connectivity index (χ1v) is 5.84. The van der Waals surface area contributed by atoms with Gasteiger partial charge in [-0.25, -0.2) is 4.79 Å². The predicted molar refractivity (Wildman–Crippen MR) is 57.7 cm³/mol. The van der Waals surface area contributed by atoms with Crippen LogP contribution in [0.2, 0.25) is 0 Å². The van der Waals surface area contributed by atoms with E-state index in [4.69, 9.17) is 4.74 Å². The van der Waals surface area contributed by atoms with Gasteiger partial charge in [-0.05, 0) is 38.8 Å². The number of nitrogens with zero attached hydrogens (tertiary/aromatic N) is 2. The highest BCUT2D eigenvalue weighted by molar-refractivity contribution is 5.67. The molecule has 2 bridgehead atoms. The van der Waals surface area contributed by atoms with Crippen molar-refractivity contribution in [3.63, 3.8) is 0 Å². The van der Waals surface area contributed by atoms with Gasteiger partial charge in [-0.2, -0.15) is 0 Å². The van der Waals surface area contributed by atoms with Gasteiger partial charge in [-0.15, -0.1) is 0 Å². The molecule has 3 heterocycles. The summed E-state index contributed by atoms with van der Waals surface area (Å²) < 4.78 is 5.52.